The molecule has 0 aromatic carbocycles. The molecule has 4 nitrogen and oxygen atoms in total. The predicted molar refractivity (Wildman–Crippen MR) is 113 cm³/mol. The monoisotopic (exact) mass is 359 g/mol. The molecular formula is C21H49N3O. The normalized spacial score (nSPS) is 16.9. The highest BCUT2D eigenvalue weighted by Gasteiger charge is 2.17. The molecule has 4 heteroatoms. The van der Waals surface area contributed by atoms with E-state index < -0.39 is 0 Å². The Morgan fingerprint density at radius 2 is 1.56 bits per heavy atom. The van der Waals surface area contributed by atoms with Crippen LogP contribution in [-0.4, -0.2) is 54.8 Å². The third-order valence-electron chi connectivity index (χ3n) is 4.86. The number of hydrogen-bond acceptors (Lipinski definition) is 4. The Morgan fingerprint density at radius 1 is 1.04 bits per heavy atom. The lowest BCUT2D eigenvalue weighted by molar-refractivity contribution is 0.00284. The summed E-state index contributed by atoms with van der Waals surface area (Å²) >= 11 is 0. The van der Waals surface area contributed by atoms with Gasteiger partial charge in [-0.2, -0.15) is 0 Å². The number of ether oxygens (including phenoxy) is 1. The minimum absolute atomic E-state index is 0.434. The number of nitrogens with two attached hydrogens (primary N) is 1. The summed E-state index contributed by atoms with van der Waals surface area (Å²) in [4.78, 5) is 2.53. The Morgan fingerprint density at radius 3 is 1.96 bits per heavy atom. The number of rotatable bonds is 9. The van der Waals surface area contributed by atoms with Gasteiger partial charge in [-0.3, -0.25) is 5.84 Å². The van der Waals surface area contributed by atoms with E-state index in [4.69, 9.17) is 10.6 Å². The van der Waals surface area contributed by atoms with Crippen LogP contribution >= 0.6 is 0 Å². The van der Waals surface area contributed by atoms with Crippen molar-refractivity contribution in [2.24, 2.45) is 11.8 Å². The smallest absolute Gasteiger partial charge is 0.0600 e. The zero-order chi connectivity index (χ0) is 19.7. The van der Waals surface area contributed by atoms with Crippen LogP contribution in [0.2, 0.25) is 0 Å². The molecule has 1 atom stereocenters. The number of nitrogens with zero attached hydrogens (tertiary/aromatic N) is 2. The van der Waals surface area contributed by atoms with Crippen LogP contribution < -0.4 is 5.84 Å². The molecule has 1 unspecified atom stereocenters. The molecule has 0 saturated carbocycles. The first kappa shape index (κ1) is 27.1. The Hall–Kier alpha value is -0.160. The second-order valence-corrected chi connectivity index (χ2v) is 7.15. The molecule has 1 fully saturated rings. The topological polar surface area (TPSA) is 41.7 Å². The van der Waals surface area contributed by atoms with E-state index in [0.29, 0.717) is 12.1 Å². The van der Waals surface area contributed by atoms with Crippen molar-refractivity contribution < 1.29 is 4.74 Å². The maximum Gasteiger partial charge on any atom is 0.0600 e. The van der Waals surface area contributed by atoms with Gasteiger partial charge in [-0.05, 0) is 45.1 Å². The lowest BCUT2D eigenvalue weighted by Crippen LogP contribution is -2.41. The molecule has 0 bridgehead atoms. The SMILES string of the molecule is CC.CCC(C)C.CCC(C)N(CC)CCCOC1CCN(N)CC1. The summed E-state index contributed by atoms with van der Waals surface area (Å²) in [6.45, 7) is 22.6. The summed E-state index contributed by atoms with van der Waals surface area (Å²) < 4.78 is 5.93. The zero-order valence-electron chi connectivity index (χ0n) is 18.7. The second kappa shape index (κ2) is 18.6. The van der Waals surface area contributed by atoms with Gasteiger partial charge in [0.05, 0.1) is 6.10 Å². The fraction of sp³-hybridized carbons (Fsp3) is 1.00. The van der Waals surface area contributed by atoms with Crippen molar-refractivity contribution in [1.82, 2.24) is 9.91 Å². The molecule has 154 valence electrons. The van der Waals surface area contributed by atoms with Gasteiger partial charge in [0.15, 0.2) is 0 Å². The number of hydrogen-bond donors (Lipinski definition) is 1. The van der Waals surface area contributed by atoms with Crippen molar-refractivity contribution in [2.75, 3.05) is 32.8 Å². The minimum Gasteiger partial charge on any atom is -0.378 e. The summed E-state index contributed by atoms with van der Waals surface area (Å²) in [5, 5.41) is 1.89. The number of piperidine rings is 1. The summed E-state index contributed by atoms with van der Waals surface area (Å²) in [5.41, 5.74) is 0. The van der Waals surface area contributed by atoms with Gasteiger partial charge in [-0.25, -0.2) is 5.01 Å². The van der Waals surface area contributed by atoms with Gasteiger partial charge in [-0.1, -0.05) is 54.9 Å². The van der Waals surface area contributed by atoms with E-state index in [2.05, 4.69) is 46.4 Å². The van der Waals surface area contributed by atoms with Gasteiger partial charge in [0, 0.05) is 32.3 Å². The van der Waals surface area contributed by atoms with E-state index in [-0.39, 0.29) is 0 Å². The highest BCUT2D eigenvalue weighted by Crippen LogP contribution is 2.11. The Balaban J connectivity index is 0. The molecule has 0 radical (unpaired) electrons. The van der Waals surface area contributed by atoms with E-state index in [0.717, 1.165) is 58.0 Å². The highest BCUT2D eigenvalue weighted by atomic mass is 16.5. The molecule has 0 aromatic heterocycles. The Bertz CT molecular complexity index is 254. The Labute approximate surface area is 159 Å². The quantitative estimate of drug-likeness (QED) is 0.468. The predicted octanol–water partition coefficient (Wildman–Crippen LogP) is 4.93. The van der Waals surface area contributed by atoms with Gasteiger partial charge in [0.2, 0.25) is 0 Å². The zero-order valence-corrected chi connectivity index (χ0v) is 18.7. The van der Waals surface area contributed by atoms with Gasteiger partial charge >= 0.3 is 0 Å². The summed E-state index contributed by atoms with van der Waals surface area (Å²) in [5.74, 6) is 6.61. The summed E-state index contributed by atoms with van der Waals surface area (Å²) in [6, 6.07) is 0.690. The van der Waals surface area contributed by atoms with Gasteiger partial charge < -0.3 is 9.64 Å². The standard InChI is InChI=1S/C14H31N3O.C5H12.C2H6/c1-4-13(3)16(5-2)9-6-12-18-14-7-10-17(15)11-8-14;1-4-5(2)3;1-2/h13-14H,4-12,15H2,1-3H3;5H,4H2,1-3H3;1-2H3. The van der Waals surface area contributed by atoms with Crippen LogP contribution in [0, 0.1) is 5.92 Å². The third-order valence-corrected chi connectivity index (χ3v) is 4.86. The first-order valence-electron chi connectivity index (χ1n) is 10.8. The average molecular weight is 360 g/mol. The van der Waals surface area contributed by atoms with Crippen LogP contribution in [0.1, 0.15) is 87.5 Å². The molecule has 0 aliphatic carbocycles. The van der Waals surface area contributed by atoms with E-state index in [1.165, 1.54) is 12.8 Å². The number of hydrazine groups is 1. The maximum atomic E-state index is 5.93. The fourth-order valence-electron chi connectivity index (χ4n) is 2.51. The van der Waals surface area contributed by atoms with Crippen LogP contribution in [0.25, 0.3) is 0 Å². The summed E-state index contributed by atoms with van der Waals surface area (Å²) in [6.07, 6.45) is 6.27. The van der Waals surface area contributed by atoms with Crippen LogP contribution in [-0.2, 0) is 4.74 Å². The lowest BCUT2D eigenvalue weighted by atomic mass is 10.1. The summed E-state index contributed by atoms with van der Waals surface area (Å²) in [7, 11) is 0. The molecular weight excluding hydrogens is 310 g/mol. The maximum absolute atomic E-state index is 5.93. The molecule has 1 rings (SSSR count). The van der Waals surface area contributed by atoms with E-state index in [9.17, 15) is 0 Å². The lowest BCUT2D eigenvalue weighted by Gasteiger charge is -2.29. The molecule has 2 N–H and O–H groups in total. The molecule has 25 heavy (non-hydrogen) atoms. The second-order valence-electron chi connectivity index (χ2n) is 7.15. The Kier molecular flexibility index (Phi) is 20.2. The van der Waals surface area contributed by atoms with Crippen molar-refractivity contribution >= 4 is 0 Å². The minimum atomic E-state index is 0.434. The largest absolute Gasteiger partial charge is 0.378 e. The first-order chi connectivity index (χ1) is 11.9. The van der Waals surface area contributed by atoms with Gasteiger partial charge in [-0.15, -0.1) is 0 Å². The van der Waals surface area contributed by atoms with Crippen LogP contribution in [0.3, 0.4) is 0 Å². The van der Waals surface area contributed by atoms with Gasteiger partial charge in [0.1, 0.15) is 0 Å². The van der Waals surface area contributed by atoms with Crippen LogP contribution in [0.4, 0.5) is 0 Å². The molecule has 0 amide bonds. The van der Waals surface area contributed by atoms with Crippen molar-refractivity contribution in [3.05, 3.63) is 0 Å². The van der Waals surface area contributed by atoms with Crippen LogP contribution in [0.5, 0.6) is 0 Å². The van der Waals surface area contributed by atoms with E-state index >= 15 is 0 Å². The molecule has 1 aliphatic heterocycles. The third kappa shape index (κ3) is 15.8. The van der Waals surface area contributed by atoms with Crippen molar-refractivity contribution in [3.63, 3.8) is 0 Å². The van der Waals surface area contributed by atoms with Crippen molar-refractivity contribution in [3.8, 4) is 0 Å². The fourth-order valence-corrected chi connectivity index (χ4v) is 2.51. The highest BCUT2D eigenvalue weighted by molar-refractivity contribution is 4.69. The average Bonchev–Trinajstić information content (AvgIpc) is 2.64. The first-order valence-corrected chi connectivity index (χ1v) is 10.8. The van der Waals surface area contributed by atoms with Crippen molar-refractivity contribution in [2.45, 2.75) is 99.6 Å². The van der Waals surface area contributed by atoms with Crippen molar-refractivity contribution in [1.29, 1.82) is 0 Å². The molecule has 1 heterocycles. The molecule has 0 spiro atoms. The van der Waals surface area contributed by atoms with Gasteiger partial charge in [0.25, 0.3) is 0 Å². The molecule has 0 aromatic rings. The van der Waals surface area contributed by atoms with E-state index in [1.54, 1.807) is 0 Å². The molecule has 1 aliphatic rings. The molecule has 1 saturated heterocycles. The van der Waals surface area contributed by atoms with Crippen LogP contribution in [0.15, 0.2) is 0 Å². The van der Waals surface area contributed by atoms with E-state index in [1.807, 2.05) is 18.9 Å².